The van der Waals surface area contributed by atoms with E-state index in [1.807, 2.05) is 6.92 Å². The number of aromatic nitrogens is 2. The first kappa shape index (κ1) is 13.2. The molecular formula is C15H22N2O. The van der Waals surface area contributed by atoms with E-state index in [2.05, 4.69) is 16.9 Å². The maximum atomic E-state index is 11.4. The Hall–Kier alpha value is -1.25. The summed E-state index contributed by atoms with van der Waals surface area (Å²) in [5, 5.41) is 0. The third kappa shape index (κ3) is 2.77. The molecule has 0 unspecified atom stereocenters. The lowest BCUT2D eigenvalue weighted by atomic mass is 9.80. The summed E-state index contributed by atoms with van der Waals surface area (Å²) in [6, 6.07) is 0. The first-order chi connectivity index (χ1) is 8.61. The molecule has 1 aliphatic carbocycles. The van der Waals surface area contributed by atoms with Crippen LogP contribution in [0.4, 0.5) is 0 Å². The lowest BCUT2D eigenvalue weighted by molar-refractivity contribution is 0.101. The number of ketones is 1. The lowest BCUT2D eigenvalue weighted by Crippen LogP contribution is -2.16. The molecule has 0 amide bonds. The highest BCUT2D eigenvalue weighted by Gasteiger charge is 2.23. The highest BCUT2D eigenvalue weighted by atomic mass is 16.1. The molecule has 0 spiro atoms. The van der Waals surface area contributed by atoms with Gasteiger partial charge in [0.2, 0.25) is 0 Å². The summed E-state index contributed by atoms with van der Waals surface area (Å²) in [7, 11) is 0. The number of aryl methyl sites for hydroxylation is 1. The molecule has 1 saturated carbocycles. The van der Waals surface area contributed by atoms with Crippen LogP contribution < -0.4 is 0 Å². The van der Waals surface area contributed by atoms with Gasteiger partial charge in [0.05, 0.1) is 11.3 Å². The van der Waals surface area contributed by atoms with Crippen LogP contribution in [0.25, 0.3) is 0 Å². The predicted octanol–water partition coefficient (Wildman–Crippen LogP) is 3.67. The van der Waals surface area contributed by atoms with E-state index >= 15 is 0 Å². The van der Waals surface area contributed by atoms with E-state index in [0.717, 1.165) is 17.4 Å². The van der Waals surface area contributed by atoms with E-state index in [1.54, 1.807) is 13.1 Å². The van der Waals surface area contributed by atoms with E-state index in [4.69, 9.17) is 0 Å². The summed E-state index contributed by atoms with van der Waals surface area (Å²) in [5.41, 5.74) is 1.48. The van der Waals surface area contributed by atoms with Gasteiger partial charge in [-0.05, 0) is 45.4 Å². The van der Waals surface area contributed by atoms with Crippen molar-refractivity contribution in [1.82, 2.24) is 9.97 Å². The Morgan fingerprint density at radius 2 is 2.00 bits per heavy atom. The number of hydrogen-bond acceptors (Lipinski definition) is 3. The van der Waals surface area contributed by atoms with E-state index in [0.29, 0.717) is 11.5 Å². The SMILES string of the molecule is CCC1CCC(c2ncc(C(C)=O)c(C)n2)CC1. The van der Waals surface area contributed by atoms with Crippen molar-refractivity contribution < 1.29 is 4.79 Å². The number of rotatable bonds is 3. The van der Waals surface area contributed by atoms with Crippen LogP contribution in [0.3, 0.4) is 0 Å². The zero-order valence-corrected chi connectivity index (χ0v) is 11.6. The minimum absolute atomic E-state index is 0.0498. The van der Waals surface area contributed by atoms with Crippen molar-refractivity contribution in [3.8, 4) is 0 Å². The molecule has 18 heavy (non-hydrogen) atoms. The normalized spacial score (nSPS) is 23.9. The Labute approximate surface area is 109 Å². The second kappa shape index (κ2) is 5.59. The molecule has 0 aromatic carbocycles. The van der Waals surface area contributed by atoms with Crippen molar-refractivity contribution in [3.05, 3.63) is 23.3 Å². The van der Waals surface area contributed by atoms with Crippen molar-refractivity contribution in [2.75, 3.05) is 0 Å². The van der Waals surface area contributed by atoms with E-state index in [1.165, 1.54) is 32.1 Å². The van der Waals surface area contributed by atoms with Gasteiger partial charge in [0.15, 0.2) is 5.78 Å². The van der Waals surface area contributed by atoms with Crippen LogP contribution >= 0.6 is 0 Å². The van der Waals surface area contributed by atoms with E-state index < -0.39 is 0 Å². The Bertz CT molecular complexity index is 434. The highest BCUT2D eigenvalue weighted by Crippen LogP contribution is 2.35. The first-order valence-corrected chi connectivity index (χ1v) is 6.96. The van der Waals surface area contributed by atoms with Gasteiger partial charge in [-0.15, -0.1) is 0 Å². The fourth-order valence-corrected chi connectivity index (χ4v) is 2.86. The van der Waals surface area contributed by atoms with Crippen LogP contribution in [-0.2, 0) is 0 Å². The van der Waals surface area contributed by atoms with Gasteiger partial charge in [-0.1, -0.05) is 13.3 Å². The van der Waals surface area contributed by atoms with Gasteiger partial charge in [0, 0.05) is 12.1 Å². The molecule has 1 aliphatic rings. The molecule has 1 fully saturated rings. The third-order valence-corrected chi connectivity index (χ3v) is 4.17. The fraction of sp³-hybridized carbons (Fsp3) is 0.667. The number of carbonyl (C=O) groups is 1. The topological polar surface area (TPSA) is 42.9 Å². The number of carbonyl (C=O) groups excluding carboxylic acids is 1. The van der Waals surface area contributed by atoms with Gasteiger partial charge in [-0.3, -0.25) is 4.79 Å². The molecule has 0 atom stereocenters. The van der Waals surface area contributed by atoms with Crippen LogP contribution in [0.5, 0.6) is 0 Å². The highest BCUT2D eigenvalue weighted by molar-refractivity contribution is 5.94. The largest absolute Gasteiger partial charge is 0.294 e. The molecule has 0 bridgehead atoms. The molecule has 3 nitrogen and oxygen atoms in total. The van der Waals surface area contributed by atoms with Gasteiger partial charge >= 0.3 is 0 Å². The zero-order chi connectivity index (χ0) is 13.1. The molecular weight excluding hydrogens is 224 g/mol. The van der Waals surface area contributed by atoms with Crippen molar-refractivity contribution in [3.63, 3.8) is 0 Å². The lowest BCUT2D eigenvalue weighted by Gasteiger charge is -2.26. The van der Waals surface area contributed by atoms with Crippen molar-refractivity contribution in [2.24, 2.45) is 5.92 Å². The maximum absolute atomic E-state index is 11.4. The Morgan fingerprint density at radius 3 is 2.50 bits per heavy atom. The van der Waals surface area contributed by atoms with Gasteiger partial charge in [0.25, 0.3) is 0 Å². The van der Waals surface area contributed by atoms with Gasteiger partial charge < -0.3 is 0 Å². The van der Waals surface area contributed by atoms with Gasteiger partial charge in [-0.25, -0.2) is 9.97 Å². The molecule has 0 N–H and O–H groups in total. The van der Waals surface area contributed by atoms with Crippen molar-refractivity contribution >= 4 is 5.78 Å². The van der Waals surface area contributed by atoms with Crippen LogP contribution in [0.1, 0.15) is 73.7 Å². The van der Waals surface area contributed by atoms with Gasteiger partial charge in [0.1, 0.15) is 5.82 Å². The van der Waals surface area contributed by atoms with E-state index in [9.17, 15) is 4.79 Å². The second-order valence-electron chi connectivity index (χ2n) is 5.41. The number of Topliss-reactive ketones (excluding diaryl/α,β-unsaturated/α-hetero) is 1. The molecule has 0 aliphatic heterocycles. The molecule has 0 saturated heterocycles. The summed E-state index contributed by atoms with van der Waals surface area (Å²) in [6.45, 7) is 5.74. The molecule has 0 radical (unpaired) electrons. The maximum Gasteiger partial charge on any atom is 0.163 e. The molecule has 3 heteroatoms. The smallest absolute Gasteiger partial charge is 0.163 e. The van der Waals surface area contributed by atoms with Gasteiger partial charge in [-0.2, -0.15) is 0 Å². The van der Waals surface area contributed by atoms with E-state index in [-0.39, 0.29) is 5.78 Å². The minimum atomic E-state index is 0.0498. The monoisotopic (exact) mass is 246 g/mol. The standard InChI is InChI=1S/C15H22N2O/c1-4-12-5-7-13(8-6-12)15-16-9-14(11(3)18)10(2)17-15/h9,12-13H,4-8H2,1-3H3. The average molecular weight is 246 g/mol. The Kier molecular flexibility index (Phi) is 4.10. The summed E-state index contributed by atoms with van der Waals surface area (Å²) in [6.07, 6.45) is 7.95. The average Bonchev–Trinajstić information content (AvgIpc) is 2.38. The Balaban J connectivity index is 2.11. The summed E-state index contributed by atoms with van der Waals surface area (Å²) in [5.74, 6) is 2.37. The minimum Gasteiger partial charge on any atom is -0.294 e. The fourth-order valence-electron chi connectivity index (χ4n) is 2.86. The molecule has 1 heterocycles. The summed E-state index contributed by atoms with van der Waals surface area (Å²) in [4.78, 5) is 20.3. The molecule has 98 valence electrons. The number of hydrogen-bond donors (Lipinski definition) is 0. The molecule has 1 aromatic rings. The van der Waals surface area contributed by atoms with Crippen LogP contribution in [-0.4, -0.2) is 15.8 Å². The molecule has 1 aromatic heterocycles. The van der Waals surface area contributed by atoms with Crippen molar-refractivity contribution in [1.29, 1.82) is 0 Å². The quantitative estimate of drug-likeness (QED) is 0.764. The molecule has 2 rings (SSSR count). The first-order valence-electron chi connectivity index (χ1n) is 6.96. The van der Waals surface area contributed by atoms with Crippen LogP contribution in [0.2, 0.25) is 0 Å². The third-order valence-electron chi connectivity index (χ3n) is 4.17. The summed E-state index contributed by atoms with van der Waals surface area (Å²) < 4.78 is 0. The summed E-state index contributed by atoms with van der Waals surface area (Å²) >= 11 is 0. The zero-order valence-electron chi connectivity index (χ0n) is 11.6. The predicted molar refractivity (Wildman–Crippen MR) is 71.8 cm³/mol. The number of nitrogens with zero attached hydrogens (tertiary/aromatic N) is 2. The second-order valence-corrected chi connectivity index (χ2v) is 5.41. The van der Waals surface area contributed by atoms with Crippen LogP contribution in [0, 0.1) is 12.8 Å². The Morgan fingerprint density at radius 1 is 1.33 bits per heavy atom. The van der Waals surface area contributed by atoms with Crippen LogP contribution in [0.15, 0.2) is 6.20 Å². The van der Waals surface area contributed by atoms with Crippen molar-refractivity contribution in [2.45, 2.75) is 58.8 Å².